The van der Waals surface area contributed by atoms with Crippen molar-refractivity contribution >= 4 is 15.9 Å². The van der Waals surface area contributed by atoms with Gasteiger partial charge in [0, 0.05) is 18.3 Å². The molecular formula is C13H22BrN3. The molecule has 0 radical (unpaired) electrons. The van der Waals surface area contributed by atoms with E-state index in [1.807, 2.05) is 0 Å². The van der Waals surface area contributed by atoms with E-state index in [1.54, 1.807) is 6.33 Å². The molecule has 1 aromatic rings. The number of rotatable bonds is 5. The summed E-state index contributed by atoms with van der Waals surface area (Å²) in [5.41, 5.74) is 0.432. The Bertz CT molecular complexity index is 353. The molecule has 17 heavy (non-hydrogen) atoms. The van der Waals surface area contributed by atoms with Gasteiger partial charge in [-0.1, -0.05) is 42.6 Å². The molecule has 3 nitrogen and oxygen atoms in total. The van der Waals surface area contributed by atoms with Crippen LogP contribution in [0.15, 0.2) is 6.33 Å². The first kappa shape index (κ1) is 13.1. The zero-order valence-electron chi connectivity index (χ0n) is 10.8. The average molecular weight is 300 g/mol. The van der Waals surface area contributed by atoms with Crippen LogP contribution in [0.2, 0.25) is 0 Å². The fourth-order valence-electron chi connectivity index (χ4n) is 2.74. The molecule has 0 amide bonds. The third-order valence-electron chi connectivity index (χ3n) is 3.71. The molecule has 1 fully saturated rings. The summed E-state index contributed by atoms with van der Waals surface area (Å²) in [7, 11) is 0. The minimum Gasteiger partial charge on any atom is -0.250 e. The van der Waals surface area contributed by atoms with E-state index in [0.29, 0.717) is 11.3 Å². The van der Waals surface area contributed by atoms with Crippen molar-refractivity contribution in [3.8, 4) is 0 Å². The van der Waals surface area contributed by atoms with Crippen LogP contribution in [0.3, 0.4) is 0 Å². The van der Waals surface area contributed by atoms with E-state index in [-0.39, 0.29) is 0 Å². The van der Waals surface area contributed by atoms with Crippen LogP contribution in [-0.2, 0) is 13.0 Å². The van der Waals surface area contributed by atoms with Crippen molar-refractivity contribution in [1.29, 1.82) is 0 Å². The monoisotopic (exact) mass is 299 g/mol. The van der Waals surface area contributed by atoms with E-state index in [0.717, 1.165) is 18.3 Å². The molecule has 1 aromatic heterocycles. The maximum atomic E-state index is 4.46. The lowest BCUT2D eigenvalue weighted by molar-refractivity contribution is 0.325. The van der Waals surface area contributed by atoms with Gasteiger partial charge < -0.3 is 0 Å². The van der Waals surface area contributed by atoms with E-state index >= 15 is 0 Å². The predicted octanol–water partition coefficient (Wildman–Crippen LogP) is 3.43. The molecule has 0 atom stereocenters. The highest BCUT2D eigenvalue weighted by Crippen LogP contribution is 2.41. The molecule has 0 aliphatic heterocycles. The summed E-state index contributed by atoms with van der Waals surface area (Å²) in [5, 5.41) is 5.45. The first-order valence-electron chi connectivity index (χ1n) is 6.58. The molecule has 0 unspecified atom stereocenters. The molecule has 0 saturated heterocycles. The first-order chi connectivity index (χ1) is 8.15. The van der Waals surface area contributed by atoms with E-state index in [4.69, 9.17) is 0 Å². The second-order valence-electron chi connectivity index (χ2n) is 5.77. The maximum absolute atomic E-state index is 4.46. The Balaban J connectivity index is 2.09. The van der Waals surface area contributed by atoms with Gasteiger partial charge in [0.05, 0.1) is 0 Å². The van der Waals surface area contributed by atoms with Crippen molar-refractivity contribution in [3.63, 3.8) is 0 Å². The number of alkyl halides is 1. The van der Waals surface area contributed by atoms with Crippen molar-refractivity contribution < 1.29 is 0 Å². The van der Waals surface area contributed by atoms with Crippen molar-refractivity contribution in [2.75, 3.05) is 5.33 Å². The zero-order chi connectivity index (χ0) is 12.3. The molecule has 1 aliphatic rings. The summed E-state index contributed by atoms with van der Waals surface area (Å²) in [6.07, 6.45) is 8.16. The molecule has 0 spiro atoms. The normalized spacial score (nSPS) is 19.1. The molecule has 96 valence electrons. The Morgan fingerprint density at radius 2 is 2.12 bits per heavy atom. The lowest BCUT2D eigenvalue weighted by atomic mass is 9.85. The van der Waals surface area contributed by atoms with Gasteiger partial charge in [0.2, 0.25) is 0 Å². The fourth-order valence-corrected chi connectivity index (χ4v) is 3.50. The molecule has 0 N–H and O–H groups in total. The largest absolute Gasteiger partial charge is 0.250 e. The molecule has 1 heterocycles. The number of hydrogen-bond donors (Lipinski definition) is 0. The Kier molecular flexibility index (Phi) is 4.23. The minimum atomic E-state index is 0.432. The van der Waals surface area contributed by atoms with Crippen molar-refractivity contribution in [3.05, 3.63) is 12.2 Å². The molecule has 1 saturated carbocycles. The predicted molar refractivity (Wildman–Crippen MR) is 73.3 cm³/mol. The first-order valence-corrected chi connectivity index (χ1v) is 7.70. The molecular weight excluding hydrogens is 278 g/mol. The van der Waals surface area contributed by atoms with Gasteiger partial charge in [0.25, 0.3) is 0 Å². The standard InChI is InChI=1S/C13H22BrN3/c1-11(2)8-17-12(15-10-16-17)7-13(9-14)5-3-4-6-13/h10-11H,3-9H2,1-2H3. The van der Waals surface area contributed by atoms with Crippen molar-refractivity contribution in [2.45, 2.75) is 52.5 Å². The molecule has 2 rings (SSSR count). The van der Waals surface area contributed by atoms with Crippen molar-refractivity contribution in [2.24, 2.45) is 11.3 Å². The van der Waals surface area contributed by atoms with Crippen LogP contribution in [0, 0.1) is 11.3 Å². The fraction of sp³-hybridized carbons (Fsp3) is 0.846. The summed E-state index contributed by atoms with van der Waals surface area (Å²) in [6.45, 7) is 5.43. The van der Waals surface area contributed by atoms with Gasteiger partial charge in [-0.05, 0) is 24.2 Å². The summed E-state index contributed by atoms with van der Waals surface area (Å²) in [6, 6.07) is 0. The van der Waals surface area contributed by atoms with E-state index in [2.05, 4.69) is 44.5 Å². The van der Waals surface area contributed by atoms with Crippen LogP contribution in [0.25, 0.3) is 0 Å². The van der Waals surface area contributed by atoms with Gasteiger partial charge in [0.15, 0.2) is 0 Å². The van der Waals surface area contributed by atoms with Crippen LogP contribution in [0.4, 0.5) is 0 Å². The Morgan fingerprint density at radius 3 is 2.71 bits per heavy atom. The van der Waals surface area contributed by atoms with Gasteiger partial charge in [-0.3, -0.25) is 0 Å². The molecule has 4 heteroatoms. The minimum absolute atomic E-state index is 0.432. The Labute approximate surface area is 112 Å². The second kappa shape index (κ2) is 5.51. The molecule has 0 bridgehead atoms. The second-order valence-corrected chi connectivity index (χ2v) is 6.33. The van der Waals surface area contributed by atoms with E-state index in [9.17, 15) is 0 Å². The van der Waals surface area contributed by atoms with Crippen LogP contribution in [-0.4, -0.2) is 20.1 Å². The van der Waals surface area contributed by atoms with Gasteiger partial charge >= 0.3 is 0 Å². The van der Waals surface area contributed by atoms with Gasteiger partial charge in [-0.25, -0.2) is 9.67 Å². The van der Waals surface area contributed by atoms with Crippen LogP contribution < -0.4 is 0 Å². The Morgan fingerprint density at radius 1 is 1.41 bits per heavy atom. The van der Waals surface area contributed by atoms with Gasteiger partial charge in [-0.15, -0.1) is 0 Å². The van der Waals surface area contributed by atoms with Gasteiger partial charge in [-0.2, -0.15) is 5.10 Å². The number of halogens is 1. The summed E-state index contributed by atoms with van der Waals surface area (Å²) in [5.74, 6) is 1.79. The maximum Gasteiger partial charge on any atom is 0.138 e. The average Bonchev–Trinajstić information content (AvgIpc) is 2.90. The van der Waals surface area contributed by atoms with Gasteiger partial charge in [0.1, 0.15) is 12.2 Å². The third-order valence-corrected chi connectivity index (χ3v) is 4.90. The van der Waals surface area contributed by atoms with Crippen LogP contribution in [0.5, 0.6) is 0 Å². The lowest BCUT2D eigenvalue weighted by Gasteiger charge is -2.26. The lowest BCUT2D eigenvalue weighted by Crippen LogP contribution is -2.24. The third kappa shape index (κ3) is 3.09. The quantitative estimate of drug-likeness (QED) is 0.780. The smallest absolute Gasteiger partial charge is 0.138 e. The zero-order valence-corrected chi connectivity index (χ0v) is 12.4. The van der Waals surface area contributed by atoms with E-state index in [1.165, 1.54) is 31.5 Å². The van der Waals surface area contributed by atoms with Crippen LogP contribution >= 0.6 is 15.9 Å². The van der Waals surface area contributed by atoms with Crippen molar-refractivity contribution in [1.82, 2.24) is 14.8 Å². The SMILES string of the molecule is CC(C)Cn1ncnc1CC1(CBr)CCCC1. The highest BCUT2D eigenvalue weighted by molar-refractivity contribution is 9.09. The highest BCUT2D eigenvalue weighted by atomic mass is 79.9. The molecule has 1 aliphatic carbocycles. The number of hydrogen-bond acceptors (Lipinski definition) is 2. The summed E-state index contributed by atoms with van der Waals surface area (Å²) < 4.78 is 2.09. The summed E-state index contributed by atoms with van der Waals surface area (Å²) >= 11 is 3.70. The Hall–Kier alpha value is -0.380. The van der Waals surface area contributed by atoms with Crippen LogP contribution in [0.1, 0.15) is 45.4 Å². The number of aromatic nitrogens is 3. The van der Waals surface area contributed by atoms with E-state index < -0.39 is 0 Å². The summed E-state index contributed by atoms with van der Waals surface area (Å²) in [4.78, 5) is 4.46. The molecule has 0 aromatic carbocycles. The topological polar surface area (TPSA) is 30.7 Å². The highest BCUT2D eigenvalue weighted by Gasteiger charge is 2.34. The number of nitrogens with zero attached hydrogens (tertiary/aromatic N) is 3.